The van der Waals surface area contributed by atoms with Crippen molar-refractivity contribution < 1.29 is 24.6 Å². The second-order valence-corrected chi connectivity index (χ2v) is 7.36. The SMILES string of the molecule is CC(c1cnc2nc(N)[nH]c(=O)c2n1)N(N=O)c1ccc(C(=O)N[C@@H](CCC(=O)O)C(=O)O)cc1. The van der Waals surface area contributed by atoms with Crippen molar-refractivity contribution in [3.8, 4) is 0 Å². The van der Waals surface area contributed by atoms with Gasteiger partial charge in [0, 0.05) is 12.0 Å². The minimum absolute atomic E-state index is 0.0335. The Balaban J connectivity index is 1.79. The number of H-pyrrole nitrogens is 1. The number of anilines is 2. The van der Waals surface area contributed by atoms with E-state index >= 15 is 0 Å². The monoisotopic (exact) mass is 484 g/mol. The molecule has 35 heavy (non-hydrogen) atoms. The Hall–Kier alpha value is -4.95. The summed E-state index contributed by atoms with van der Waals surface area (Å²) >= 11 is 0. The van der Waals surface area contributed by atoms with E-state index in [4.69, 9.17) is 10.8 Å². The Morgan fingerprint density at radius 3 is 2.49 bits per heavy atom. The van der Waals surface area contributed by atoms with Crippen molar-refractivity contribution in [2.45, 2.75) is 31.8 Å². The van der Waals surface area contributed by atoms with Crippen LogP contribution in [-0.4, -0.2) is 54.0 Å². The minimum atomic E-state index is -1.38. The van der Waals surface area contributed by atoms with Gasteiger partial charge < -0.3 is 21.3 Å². The standard InChI is InChI=1S/C20H20N8O7/c1-9(13-8-22-16-15(23-13)18(32)26-20(21)25-16)28(27-35)11-4-2-10(3-5-11)17(31)24-12(19(33)34)6-7-14(29)30/h2-5,8-9,12H,6-7H2,1H3,(H,24,31)(H,29,30)(H,33,34)(H3,21,22,25,26,32)/t9?,12-/m0/s1. The molecule has 3 aromatic rings. The van der Waals surface area contributed by atoms with Crippen molar-refractivity contribution >= 4 is 40.6 Å². The van der Waals surface area contributed by atoms with Gasteiger partial charge in [-0.15, -0.1) is 4.91 Å². The largest absolute Gasteiger partial charge is 0.481 e. The van der Waals surface area contributed by atoms with E-state index in [0.29, 0.717) is 0 Å². The molecule has 1 unspecified atom stereocenters. The summed E-state index contributed by atoms with van der Waals surface area (Å²) in [4.78, 5) is 72.5. The smallest absolute Gasteiger partial charge is 0.326 e. The molecular weight excluding hydrogens is 464 g/mol. The van der Waals surface area contributed by atoms with Crippen LogP contribution in [0.15, 0.2) is 40.5 Å². The highest BCUT2D eigenvalue weighted by atomic mass is 16.4. The number of nitrogens with two attached hydrogens (primary N) is 1. The van der Waals surface area contributed by atoms with Crippen LogP contribution >= 0.6 is 0 Å². The predicted octanol–water partition coefficient (Wildman–Crippen LogP) is 0.592. The number of aromatic amines is 1. The molecule has 0 radical (unpaired) electrons. The van der Waals surface area contributed by atoms with Gasteiger partial charge in [-0.2, -0.15) is 4.98 Å². The number of rotatable bonds is 10. The maximum Gasteiger partial charge on any atom is 0.326 e. The number of carboxylic acids is 2. The number of nitrogens with one attached hydrogen (secondary N) is 2. The van der Waals surface area contributed by atoms with Gasteiger partial charge in [-0.1, -0.05) is 0 Å². The molecule has 15 heteroatoms. The fourth-order valence-electron chi connectivity index (χ4n) is 3.15. The Labute approximate surface area is 196 Å². The van der Waals surface area contributed by atoms with E-state index in [1.165, 1.54) is 30.5 Å². The molecule has 0 bridgehead atoms. The van der Waals surface area contributed by atoms with Crippen LogP contribution in [0.3, 0.4) is 0 Å². The fourth-order valence-corrected chi connectivity index (χ4v) is 3.15. The molecule has 182 valence electrons. The van der Waals surface area contributed by atoms with Crippen LogP contribution in [0.1, 0.15) is 41.9 Å². The van der Waals surface area contributed by atoms with Gasteiger partial charge in [0.05, 0.1) is 28.9 Å². The molecular formula is C20H20N8O7. The number of carboxylic acid groups (broad SMARTS) is 2. The minimum Gasteiger partial charge on any atom is -0.481 e. The zero-order valence-electron chi connectivity index (χ0n) is 18.2. The van der Waals surface area contributed by atoms with E-state index in [0.717, 1.165) is 5.01 Å². The number of nitrogens with zero attached hydrogens (tertiary/aromatic N) is 5. The van der Waals surface area contributed by atoms with Crippen molar-refractivity contribution in [3.63, 3.8) is 0 Å². The van der Waals surface area contributed by atoms with Gasteiger partial charge >= 0.3 is 11.9 Å². The number of aliphatic carboxylic acids is 2. The number of fused-ring (bicyclic) bond motifs is 1. The highest BCUT2D eigenvalue weighted by molar-refractivity contribution is 5.97. The van der Waals surface area contributed by atoms with Crippen molar-refractivity contribution in [2.24, 2.45) is 5.29 Å². The van der Waals surface area contributed by atoms with Crippen LogP contribution in [0.2, 0.25) is 0 Å². The first kappa shape index (κ1) is 24.7. The zero-order chi connectivity index (χ0) is 25.7. The number of carbonyl (C=O) groups excluding carboxylic acids is 1. The number of benzene rings is 1. The van der Waals surface area contributed by atoms with Gasteiger partial charge in [-0.3, -0.25) is 19.4 Å². The van der Waals surface area contributed by atoms with Gasteiger partial charge in [0.2, 0.25) is 5.95 Å². The molecule has 0 aliphatic carbocycles. The second kappa shape index (κ2) is 10.3. The second-order valence-electron chi connectivity index (χ2n) is 7.36. The maximum atomic E-state index is 12.4. The van der Waals surface area contributed by atoms with E-state index < -0.39 is 41.9 Å². The lowest BCUT2D eigenvalue weighted by Gasteiger charge is -2.22. The zero-order valence-corrected chi connectivity index (χ0v) is 18.2. The van der Waals surface area contributed by atoms with E-state index in [1.807, 2.05) is 0 Å². The van der Waals surface area contributed by atoms with Crippen molar-refractivity contribution in [1.82, 2.24) is 25.3 Å². The van der Waals surface area contributed by atoms with Gasteiger partial charge in [0.1, 0.15) is 6.04 Å². The molecule has 0 aliphatic heterocycles. The van der Waals surface area contributed by atoms with Crippen molar-refractivity contribution in [3.05, 3.63) is 57.0 Å². The topological polar surface area (TPSA) is 234 Å². The number of hydrogen-bond acceptors (Lipinski definition) is 10. The van der Waals surface area contributed by atoms with E-state index in [9.17, 15) is 29.2 Å². The maximum absolute atomic E-state index is 12.4. The van der Waals surface area contributed by atoms with Gasteiger partial charge in [-0.25, -0.2) is 19.8 Å². The van der Waals surface area contributed by atoms with Gasteiger partial charge in [0.25, 0.3) is 11.5 Å². The first-order valence-electron chi connectivity index (χ1n) is 10.1. The summed E-state index contributed by atoms with van der Waals surface area (Å²) in [6.07, 6.45) is 0.607. The molecule has 2 aromatic heterocycles. The molecule has 2 atom stereocenters. The van der Waals surface area contributed by atoms with E-state index in [2.05, 4.69) is 30.5 Å². The average Bonchev–Trinajstić information content (AvgIpc) is 2.81. The van der Waals surface area contributed by atoms with Crippen LogP contribution in [0.25, 0.3) is 11.2 Å². The Bertz CT molecular complexity index is 1340. The first-order chi connectivity index (χ1) is 16.6. The third-order valence-electron chi connectivity index (χ3n) is 4.98. The summed E-state index contributed by atoms with van der Waals surface area (Å²) in [5.74, 6) is -3.41. The van der Waals surface area contributed by atoms with E-state index in [-0.39, 0.29) is 40.5 Å². The molecule has 2 heterocycles. The summed E-state index contributed by atoms with van der Waals surface area (Å²) in [7, 11) is 0. The molecule has 0 saturated carbocycles. The number of aromatic nitrogens is 4. The van der Waals surface area contributed by atoms with Crippen LogP contribution < -0.4 is 21.6 Å². The lowest BCUT2D eigenvalue weighted by molar-refractivity contribution is -0.140. The molecule has 0 spiro atoms. The van der Waals surface area contributed by atoms with Crippen molar-refractivity contribution in [1.29, 1.82) is 0 Å². The number of amides is 1. The lowest BCUT2D eigenvalue weighted by Crippen LogP contribution is -2.41. The lowest BCUT2D eigenvalue weighted by atomic mass is 10.1. The Morgan fingerprint density at radius 1 is 1.20 bits per heavy atom. The summed E-state index contributed by atoms with van der Waals surface area (Å²) in [5.41, 5.74) is 5.44. The molecule has 0 fully saturated rings. The van der Waals surface area contributed by atoms with E-state index in [1.54, 1.807) is 6.92 Å². The van der Waals surface area contributed by atoms with Crippen LogP contribution in [-0.2, 0) is 9.59 Å². The molecule has 0 saturated heterocycles. The number of nitroso groups, excluding NO2 is 1. The van der Waals surface area contributed by atoms with Crippen molar-refractivity contribution in [2.75, 3.05) is 10.7 Å². The fraction of sp³-hybridized carbons (Fsp3) is 0.250. The number of nitrogen functional groups attached to an aromatic ring is 1. The summed E-state index contributed by atoms with van der Waals surface area (Å²) in [6.45, 7) is 1.59. The molecule has 6 N–H and O–H groups in total. The summed E-state index contributed by atoms with van der Waals surface area (Å²) < 4.78 is 0. The molecule has 3 rings (SSSR count). The quantitative estimate of drug-likeness (QED) is 0.196. The van der Waals surface area contributed by atoms with Gasteiger partial charge in [-0.05, 0) is 37.6 Å². The number of carbonyl (C=O) groups is 3. The summed E-state index contributed by atoms with van der Waals surface area (Å²) in [5, 5.41) is 24.2. The van der Waals surface area contributed by atoms with Gasteiger partial charge in [0.15, 0.2) is 11.2 Å². The highest BCUT2D eigenvalue weighted by Crippen LogP contribution is 2.27. The third kappa shape index (κ3) is 5.70. The molecule has 1 amide bonds. The molecule has 15 nitrogen and oxygen atoms in total. The highest BCUT2D eigenvalue weighted by Gasteiger charge is 2.23. The van der Waals surface area contributed by atoms with Crippen LogP contribution in [0.4, 0.5) is 11.6 Å². The normalized spacial score (nSPS) is 12.5. The Morgan fingerprint density at radius 2 is 1.89 bits per heavy atom. The summed E-state index contributed by atoms with van der Waals surface area (Å²) in [6, 6.07) is 3.34. The average molecular weight is 484 g/mol. The third-order valence-corrected chi connectivity index (χ3v) is 4.98. The predicted molar refractivity (Wildman–Crippen MR) is 121 cm³/mol. The first-order valence-corrected chi connectivity index (χ1v) is 10.1. The molecule has 0 aliphatic rings. The molecule has 1 aromatic carbocycles. The van der Waals surface area contributed by atoms with Crippen LogP contribution in [0.5, 0.6) is 0 Å². The Kier molecular flexibility index (Phi) is 7.28. The van der Waals surface area contributed by atoms with Crippen LogP contribution in [0, 0.1) is 4.91 Å². The number of hydrogen-bond donors (Lipinski definition) is 5.